The van der Waals surface area contributed by atoms with E-state index in [0.717, 1.165) is 57.6 Å². The summed E-state index contributed by atoms with van der Waals surface area (Å²) in [5.74, 6) is 1.82. The first kappa shape index (κ1) is 22.2. The number of piperidine rings is 1. The van der Waals surface area contributed by atoms with Crippen LogP contribution in [0.25, 0.3) is 0 Å². The molecule has 1 atom stereocenters. The van der Waals surface area contributed by atoms with Crippen LogP contribution < -0.4 is 10.6 Å². The van der Waals surface area contributed by atoms with Gasteiger partial charge in [-0.1, -0.05) is 6.92 Å². The molecule has 0 saturated carbocycles. The van der Waals surface area contributed by atoms with Crippen molar-refractivity contribution in [3.63, 3.8) is 0 Å². The highest BCUT2D eigenvalue weighted by atomic mass is 16.5. The predicted octanol–water partition coefficient (Wildman–Crippen LogP) is 1.63. The molecule has 1 saturated heterocycles. The zero-order chi connectivity index (χ0) is 18.5. The Bertz CT molecular complexity index is 356. The normalized spacial score (nSPS) is 18.6. The van der Waals surface area contributed by atoms with Gasteiger partial charge in [0.15, 0.2) is 5.96 Å². The van der Waals surface area contributed by atoms with Crippen LogP contribution in [0.2, 0.25) is 0 Å². The van der Waals surface area contributed by atoms with Crippen molar-refractivity contribution in [3.8, 4) is 0 Å². The Kier molecular flexibility index (Phi) is 11.9. The topological polar surface area (TPSA) is 52.1 Å². The number of likely N-dealkylation sites (N-methyl/N-ethyl adjacent to an activating group) is 1. The van der Waals surface area contributed by atoms with Crippen LogP contribution in [0.3, 0.4) is 0 Å². The van der Waals surface area contributed by atoms with Gasteiger partial charge in [0.05, 0.1) is 6.54 Å². The largest absolute Gasteiger partial charge is 0.385 e. The maximum absolute atomic E-state index is 5.10. The first-order valence-corrected chi connectivity index (χ1v) is 10.0. The first-order valence-electron chi connectivity index (χ1n) is 10.0. The van der Waals surface area contributed by atoms with E-state index in [4.69, 9.17) is 9.73 Å². The third-order valence-corrected chi connectivity index (χ3v) is 4.97. The third-order valence-electron chi connectivity index (χ3n) is 4.97. The fourth-order valence-corrected chi connectivity index (χ4v) is 3.11. The van der Waals surface area contributed by atoms with Crippen molar-refractivity contribution in [2.75, 3.05) is 66.6 Å². The van der Waals surface area contributed by atoms with Crippen molar-refractivity contribution < 1.29 is 4.74 Å². The molecule has 1 rings (SSSR count). The predicted molar refractivity (Wildman–Crippen MR) is 107 cm³/mol. The summed E-state index contributed by atoms with van der Waals surface area (Å²) in [7, 11) is 3.91. The summed E-state index contributed by atoms with van der Waals surface area (Å²) in [6, 6.07) is 0.514. The summed E-state index contributed by atoms with van der Waals surface area (Å²) in [5.41, 5.74) is 0. The van der Waals surface area contributed by atoms with Crippen molar-refractivity contribution in [1.82, 2.24) is 20.4 Å². The summed E-state index contributed by atoms with van der Waals surface area (Å²) >= 11 is 0. The van der Waals surface area contributed by atoms with Crippen molar-refractivity contribution in [1.29, 1.82) is 0 Å². The van der Waals surface area contributed by atoms with Gasteiger partial charge >= 0.3 is 0 Å². The molecule has 0 amide bonds. The number of guanidine groups is 1. The SMILES string of the molecule is CCNC(=NCC(C)N1CCC(C)CC1)NCCN(C)CCCOC. The minimum absolute atomic E-state index is 0.514. The Labute approximate surface area is 155 Å². The van der Waals surface area contributed by atoms with Gasteiger partial charge in [-0.3, -0.25) is 9.89 Å². The van der Waals surface area contributed by atoms with Crippen LogP contribution in [-0.4, -0.2) is 88.4 Å². The average molecular weight is 356 g/mol. The van der Waals surface area contributed by atoms with Crippen LogP contribution in [0.4, 0.5) is 0 Å². The fraction of sp³-hybridized carbons (Fsp3) is 0.947. The second-order valence-electron chi connectivity index (χ2n) is 7.36. The third kappa shape index (κ3) is 10.0. The molecule has 1 unspecified atom stereocenters. The minimum atomic E-state index is 0.514. The Morgan fingerprint density at radius 1 is 1.28 bits per heavy atom. The van der Waals surface area contributed by atoms with E-state index < -0.39 is 0 Å². The van der Waals surface area contributed by atoms with E-state index in [9.17, 15) is 0 Å². The molecule has 0 bridgehead atoms. The van der Waals surface area contributed by atoms with E-state index in [2.05, 4.69) is 48.3 Å². The number of nitrogens with zero attached hydrogens (tertiary/aromatic N) is 3. The van der Waals surface area contributed by atoms with Crippen molar-refractivity contribution in [3.05, 3.63) is 0 Å². The summed E-state index contributed by atoms with van der Waals surface area (Å²) in [4.78, 5) is 9.70. The molecule has 0 aliphatic carbocycles. The fourth-order valence-electron chi connectivity index (χ4n) is 3.11. The summed E-state index contributed by atoms with van der Waals surface area (Å²) < 4.78 is 5.10. The highest BCUT2D eigenvalue weighted by Crippen LogP contribution is 2.17. The quantitative estimate of drug-likeness (QED) is 0.335. The molecule has 6 nitrogen and oxygen atoms in total. The Morgan fingerprint density at radius 2 is 2.00 bits per heavy atom. The Morgan fingerprint density at radius 3 is 2.64 bits per heavy atom. The molecular formula is C19H41N5O. The molecule has 1 aliphatic heterocycles. The van der Waals surface area contributed by atoms with Gasteiger partial charge < -0.3 is 20.3 Å². The van der Waals surface area contributed by atoms with E-state index in [-0.39, 0.29) is 0 Å². The Hall–Kier alpha value is -0.850. The molecule has 0 aromatic heterocycles. The molecule has 148 valence electrons. The zero-order valence-electron chi connectivity index (χ0n) is 17.2. The van der Waals surface area contributed by atoms with E-state index in [1.165, 1.54) is 25.9 Å². The van der Waals surface area contributed by atoms with Crippen LogP contribution in [0, 0.1) is 5.92 Å². The number of hydrogen-bond donors (Lipinski definition) is 2. The van der Waals surface area contributed by atoms with E-state index in [0.29, 0.717) is 6.04 Å². The lowest BCUT2D eigenvalue weighted by atomic mass is 9.98. The minimum Gasteiger partial charge on any atom is -0.385 e. The van der Waals surface area contributed by atoms with Gasteiger partial charge in [-0.15, -0.1) is 0 Å². The van der Waals surface area contributed by atoms with Crippen LogP contribution in [-0.2, 0) is 4.74 Å². The first-order chi connectivity index (χ1) is 12.1. The molecule has 25 heavy (non-hydrogen) atoms. The maximum Gasteiger partial charge on any atom is 0.191 e. The standard InChI is InChI=1S/C19H41N5O/c1-6-20-19(21-10-14-23(4)11-7-15-25-5)22-16-18(3)24-12-8-17(2)9-13-24/h17-18H,6-16H2,1-5H3,(H2,20,21,22). The molecule has 0 aromatic rings. The van der Waals surface area contributed by atoms with Gasteiger partial charge in [0.2, 0.25) is 0 Å². The van der Waals surface area contributed by atoms with Gasteiger partial charge in [0, 0.05) is 45.9 Å². The summed E-state index contributed by atoms with van der Waals surface area (Å²) in [6.07, 6.45) is 3.72. The van der Waals surface area contributed by atoms with E-state index in [1.807, 2.05) is 0 Å². The van der Waals surface area contributed by atoms with Gasteiger partial charge in [0.1, 0.15) is 0 Å². The summed E-state index contributed by atoms with van der Waals surface area (Å²) in [6.45, 7) is 14.8. The van der Waals surface area contributed by atoms with Gasteiger partial charge in [-0.05, 0) is 59.2 Å². The summed E-state index contributed by atoms with van der Waals surface area (Å²) in [5, 5.41) is 6.81. The molecule has 1 heterocycles. The van der Waals surface area contributed by atoms with Crippen LogP contribution in [0.5, 0.6) is 0 Å². The molecular weight excluding hydrogens is 314 g/mol. The van der Waals surface area contributed by atoms with Crippen LogP contribution in [0.1, 0.15) is 40.0 Å². The average Bonchev–Trinajstić information content (AvgIpc) is 2.60. The second kappa shape index (κ2) is 13.4. The molecule has 0 spiro atoms. The smallest absolute Gasteiger partial charge is 0.191 e. The Balaban J connectivity index is 2.30. The van der Waals surface area contributed by atoms with Crippen molar-refractivity contribution >= 4 is 5.96 Å². The zero-order valence-corrected chi connectivity index (χ0v) is 17.2. The number of aliphatic imine (C=N–C) groups is 1. The second-order valence-corrected chi connectivity index (χ2v) is 7.36. The molecule has 1 fully saturated rings. The highest BCUT2D eigenvalue weighted by molar-refractivity contribution is 5.79. The number of nitrogens with one attached hydrogen (secondary N) is 2. The lowest BCUT2D eigenvalue weighted by molar-refractivity contribution is 0.150. The monoisotopic (exact) mass is 355 g/mol. The number of rotatable bonds is 11. The van der Waals surface area contributed by atoms with E-state index in [1.54, 1.807) is 7.11 Å². The van der Waals surface area contributed by atoms with Gasteiger partial charge in [-0.25, -0.2) is 0 Å². The number of ether oxygens (including phenoxy) is 1. The van der Waals surface area contributed by atoms with Gasteiger partial charge in [-0.2, -0.15) is 0 Å². The van der Waals surface area contributed by atoms with Crippen LogP contribution in [0.15, 0.2) is 4.99 Å². The molecule has 6 heteroatoms. The maximum atomic E-state index is 5.10. The molecule has 0 radical (unpaired) electrons. The van der Waals surface area contributed by atoms with Crippen molar-refractivity contribution in [2.24, 2.45) is 10.9 Å². The number of hydrogen-bond acceptors (Lipinski definition) is 4. The lowest BCUT2D eigenvalue weighted by Crippen LogP contribution is -2.44. The molecule has 2 N–H and O–H groups in total. The number of likely N-dealkylation sites (tertiary alicyclic amines) is 1. The van der Waals surface area contributed by atoms with Crippen molar-refractivity contribution in [2.45, 2.75) is 46.1 Å². The highest BCUT2D eigenvalue weighted by Gasteiger charge is 2.19. The molecule has 1 aliphatic rings. The molecule has 0 aromatic carbocycles. The van der Waals surface area contributed by atoms with Crippen LogP contribution >= 0.6 is 0 Å². The number of methoxy groups -OCH3 is 1. The van der Waals surface area contributed by atoms with E-state index >= 15 is 0 Å². The van der Waals surface area contributed by atoms with Gasteiger partial charge in [0.25, 0.3) is 0 Å². The lowest BCUT2D eigenvalue weighted by Gasteiger charge is -2.34.